The molecule has 0 unspecified atom stereocenters. The Bertz CT molecular complexity index is 2670. The average Bonchev–Trinajstić information content (AvgIpc) is 3.27. The van der Waals surface area contributed by atoms with E-state index in [0.717, 1.165) is 81.5 Å². The first-order valence-electron chi connectivity index (χ1n) is 21.4. The van der Waals surface area contributed by atoms with Crippen LogP contribution < -0.4 is 0 Å². The first-order chi connectivity index (χ1) is 28.4. The Kier molecular flexibility index (Phi) is 9.44. The van der Waals surface area contributed by atoms with Crippen molar-refractivity contribution in [2.45, 2.75) is 90.9 Å². The summed E-state index contributed by atoms with van der Waals surface area (Å²) in [4.78, 5) is 21.7. The van der Waals surface area contributed by atoms with Crippen molar-refractivity contribution in [2.75, 3.05) is 0 Å². The van der Waals surface area contributed by atoms with Crippen molar-refractivity contribution in [1.29, 1.82) is 0 Å². The fourth-order valence-electron chi connectivity index (χ4n) is 9.52. The van der Waals surface area contributed by atoms with Crippen LogP contribution in [-0.4, -0.2) is 19.9 Å². The Morgan fingerprint density at radius 1 is 0.362 bits per heavy atom. The van der Waals surface area contributed by atoms with Gasteiger partial charge in [-0.05, 0) is 142 Å². The van der Waals surface area contributed by atoms with E-state index in [1.54, 1.807) is 0 Å². The first kappa shape index (κ1) is 36.3. The van der Waals surface area contributed by atoms with Crippen LogP contribution in [0.4, 0.5) is 0 Å². The second-order valence-corrected chi connectivity index (χ2v) is 17.1. The average molecular weight is 755 g/mol. The van der Waals surface area contributed by atoms with Crippen molar-refractivity contribution < 1.29 is 0 Å². The molecule has 286 valence electrons. The molecule has 2 aliphatic rings. The quantitative estimate of drug-likeness (QED) is 0.163. The maximum absolute atomic E-state index is 5.45. The van der Waals surface area contributed by atoms with E-state index in [0.29, 0.717) is 23.5 Å². The zero-order chi connectivity index (χ0) is 39.3. The number of aromatic nitrogens is 4. The maximum atomic E-state index is 5.45. The minimum absolute atomic E-state index is 0.393. The van der Waals surface area contributed by atoms with Gasteiger partial charge in [-0.15, -0.1) is 0 Å². The highest BCUT2D eigenvalue weighted by molar-refractivity contribution is 5.99. The zero-order valence-electron chi connectivity index (χ0n) is 34.1. The van der Waals surface area contributed by atoms with E-state index < -0.39 is 0 Å². The predicted molar refractivity (Wildman–Crippen MR) is 241 cm³/mol. The molecule has 0 N–H and O–H groups in total. The highest BCUT2D eigenvalue weighted by Gasteiger charge is 2.21. The van der Waals surface area contributed by atoms with Gasteiger partial charge in [0.05, 0.1) is 22.8 Å². The van der Waals surface area contributed by atoms with Crippen LogP contribution in [0.25, 0.3) is 78.2 Å². The number of nitrogens with zero attached hydrogens (tertiary/aromatic N) is 4. The van der Waals surface area contributed by atoms with Crippen molar-refractivity contribution in [2.24, 2.45) is 0 Å². The summed E-state index contributed by atoms with van der Waals surface area (Å²) in [5.74, 6) is 2.20. The third kappa shape index (κ3) is 6.69. The number of benzene rings is 6. The van der Waals surface area contributed by atoms with Crippen LogP contribution in [0.2, 0.25) is 0 Å². The summed E-state index contributed by atoms with van der Waals surface area (Å²) >= 11 is 0. The molecule has 0 saturated carbocycles. The van der Waals surface area contributed by atoms with Crippen LogP contribution in [0.5, 0.6) is 0 Å². The van der Waals surface area contributed by atoms with Gasteiger partial charge >= 0.3 is 0 Å². The molecule has 0 amide bonds. The third-order valence-corrected chi connectivity index (χ3v) is 12.6. The van der Waals surface area contributed by atoms with Crippen LogP contribution in [0.3, 0.4) is 0 Å². The molecule has 0 atom stereocenters. The third-order valence-electron chi connectivity index (χ3n) is 12.6. The van der Waals surface area contributed by atoms with E-state index in [1.807, 2.05) is 0 Å². The van der Waals surface area contributed by atoms with Crippen LogP contribution >= 0.6 is 0 Å². The molecule has 10 rings (SSSR count). The molecule has 0 radical (unpaired) electrons. The molecule has 2 aliphatic carbocycles. The van der Waals surface area contributed by atoms with E-state index in [-0.39, 0.29) is 0 Å². The largest absolute Gasteiger partial charge is 0.228 e. The lowest BCUT2D eigenvalue weighted by Gasteiger charge is -2.18. The number of hydrogen-bond acceptors (Lipinski definition) is 4. The van der Waals surface area contributed by atoms with Gasteiger partial charge < -0.3 is 0 Å². The van der Waals surface area contributed by atoms with Gasteiger partial charge in [0.2, 0.25) is 0 Å². The summed E-state index contributed by atoms with van der Waals surface area (Å²) in [6.45, 7) is 9.05. The standard InChI is InChI=1S/C54H50N4/c1-33(2)41-25-27-47(45-19-11-9-17-43(41)45)53-55-49(39-23-21-35-13-5-7-15-37(35)29-39)31-51(57-53)52-32-50(40-24-22-36-14-6-8-16-38(36)30-40)56-54(58-52)48-28-26-42(34(3)4)44-18-10-12-20-46(44)48/h9-12,17-34H,5-8,13-16H2,1-4H3. The lowest BCUT2D eigenvalue weighted by molar-refractivity contribution is 0.686. The lowest BCUT2D eigenvalue weighted by Crippen LogP contribution is -2.04. The Morgan fingerprint density at radius 3 is 1.16 bits per heavy atom. The molecule has 2 aromatic heterocycles. The molecular formula is C54H50N4. The predicted octanol–water partition coefficient (Wildman–Crippen LogP) is 13.9. The molecule has 58 heavy (non-hydrogen) atoms. The second-order valence-electron chi connectivity index (χ2n) is 17.1. The molecule has 0 fully saturated rings. The SMILES string of the molecule is CC(C)c1ccc(-c2nc(-c3ccc4c(c3)CCCC4)cc(-c3cc(-c4ccc5c(c4)CCCC5)nc(-c4ccc(C(C)C)c5ccccc45)n3)n2)c2ccccc12. The normalized spacial score (nSPS) is 14.0. The van der Waals surface area contributed by atoms with Gasteiger partial charge in [-0.25, -0.2) is 19.9 Å². The molecule has 2 heterocycles. The summed E-state index contributed by atoms with van der Waals surface area (Å²) in [5.41, 5.74) is 16.2. The van der Waals surface area contributed by atoms with Crippen LogP contribution in [-0.2, 0) is 25.7 Å². The van der Waals surface area contributed by atoms with E-state index >= 15 is 0 Å². The Hall–Kier alpha value is -6.00. The highest BCUT2D eigenvalue weighted by Crippen LogP contribution is 2.39. The van der Waals surface area contributed by atoms with Gasteiger partial charge in [-0.3, -0.25) is 0 Å². The molecule has 4 heteroatoms. The van der Waals surface area contributed by atoms with E-state index in [2.05, 4.69) is 149 Å². The smallest absolute Gasteiger partial charge is 0.161 e. The second kappa shape index (κ2) is 15.1. The minimum Gasteiger partial charge on any atom is -0.228 e. The van der Waals surface area contributed by atoms with Crippen LogP contribution in [0.1, 0.15) is 98.6 Å². The Labute approximate surface area is 342 Å². The molecule has 0 saturated heterocycles. The maximum Gasteiger partial charge on any atom is 0.161 e. The molecule has 8 aromatic rings. The van der Waals surface area contributed by atoms with E-state index in [1.165, 1.54) is 69.8 Å². The summed E-state index contributed by atoms with van der Waals surface area (Å²) in [6.07, 6.45) is 9.48. The van der Waals surface area contributed by atoms with Gasteiger partial charge in [-0.1, -0.05) is 125 Å². The fraction of sp³-hybridized carbons (Fsp3) is 0.259. The van der Waals surface area contributed by atoms with Gasteiger partial charge in [0, 0.05) is 22.3 Å². The molecule has 4 nitrogen and oxygen atoms in total. The minimum atomic E-state index is 0.393. The number of fused-ring (bicyclic) bond motifs is 4. The summed E-state index contributed by atoms with van der Waals surface area (Å²) in [5, 5.41) is 4.82. The van der Waals surface area contributed by atoms with E-state index in [4.69, 9.17) is 19.9 Å². The topological polar surface area (TPSA) is 51.6 Å². The van der Waals surface area contributed by atoms with Crippen LogP contribution in [0.15, 0.2) is 121 Å². The van der Waals surface area contributed by atoms with Crippen molar-refractivity contribution in [3.05, 3.63) is 155 Å². The van der Waals surface area contributed by atoms with Crippen LogP contribution in [0, 0.1) is 0 Å². The molecular weight excluding hydrogens is 705 g/mol. The van der Waals surface area contributed by atoms with Crippen molar-refractivity contribution in [3.63, 3.8) is 0 Å². The summed E-state index contributed by atoms with van der Waals surface area (Å²) in [6, 6.07) is 44.6. The highest BCUT2D eigenvalue weighted by atomic mass is 14.9. The van der Waals surface area contributed by atoms with Crippen molar-refractivity contribution in [1.82, 2.24) is 19.9 Å². The lowest BCUT2D eigenvalue weighted by atomic mass is 9.89. The zero-order valence-corrected chi connectivity index (χ0v) is 34.1. The van der Waals surface area contributed by atoms with Gasteiger partial charge in [0.15, 0.2) is 11.6 Å². The monoisotopic (exact) mass is 754 g/mol. The number of aryl methyl sites for hydroxylation is 4. The van der Waals surface area contributed by atoms with Gasteiger partial charge in [-0.2, -0.15) is 0 Å². The van der Waals surface area contributed by atoms with Crippen molar-refractivity contribution in [3.8, 4) is 56.7 Å². The Balaban J connectivity index is 1.23. The summed E-state index contributed by atoms with van der Waals surface area (Å²) in [7, 11) is 0. The Morgan fingerprint density at radius 2 is 0.741 bits per heavy atom. The first-order valence-corrected chi connectivity index (χ1v) is 21.4. The van der Waals surface area contributed by atoms with Gasteiger partial charge in [0.1, 0.15) is 0 Å². The molecule has 6 aromatic carbocycles. The van der Waals surface area contributed by atoms with Gasteiger partial charge in [0.25, 0.3) is 0 Å². The summed E-state index contributed by atoms with van der Waals surface area (Å²) < 4.78 is 0. The van der Waals surface area contributed by atoms with Crippen molar-refractivity contribution >= 4 is 21.5 Å². The number of hydrogen-bond donors (Lipinski definition) is 0. The molecule has 0 spiro atoms. The molecule has 0 bridgehead atoms. The van der Waals surface area contributed by atoms with E-state index in [9.17, 15) is 0 Å². The molecule has 0 aliphatic heterocycles. The fourth-order valence-corrected chi connectivity index (χ4v) is 9.52. The number of rotatable bonds is 7.